The molecule has 1 aliphatic carbocycles. The highest BCUT2D eigenvalue weighted by molar-refractivity contribution is 6.38. The van der Waals surface area contributed by atoms with Gasteiger partial charge in [-0.3, -0.25) is 9.89 Å². The van der Waals surface area contributed by atoms with Gasteiger partial charge in [-0.05, 0) is 61.6 Å². The third-order valence-corrected chi connectivity index (χ3v) is 7.60. The van der Waals surface area contributed by atoms with E-state index in [2.05, 4.69) is 38.6 Å². The predicted octanol–water partition coefficient (Wildman–Crippen LogP) is 5.53. The molecular weight excluding hydrogens is 448 g/mol. The largest absolute Gasteiger partial charge is 0.338 e. The Morgan fingerprint density at radius 2 is 2.03 bits per heavy atom. The average molecular weight is 475 g/mol. The van der Waals surface area contributed by atoms with Crippen LogP contribution in [0.25, 0.3) is 16.6 Å². The molecule has 2 aliphatic rings. The molecule has 8 heteroatoms. The van der Waals surface area contributed by atoms with Crippen molar-refractivity contribution < 1.29 is 4.79 Å². The molecule has 1 fully saturated rings. The molecular formula is C26H27ClN6O. The first-order valence-corrected chi connectivity index (χ1v) is 12.3. The maximum absolute atomic E-state index is 12.9. The topological polar surface area (TPSA) is 78.8 Å². The SMILES string of the molecule is Cc1cn(-c2ccc3c(c2)CCN(C(=O)C2CCCC2)C3)nc1Nc1ccc2[nH]ncc2c1Cl. The number of carbonyl (C=O) groups excluding carboxylic acids is 1. The van der Waals surface area contributed by atoms with E-state index in [9.17, 15) is 4.79 Å². The number of hydrogen-bond donors (Lipinski definition) is 2. The zero-order valence-corrected chi connectivity index (χ0v) is 19.9. The summed E-state index contributed by atoms with van der Waals surface area (Å²) in [6.07, 6.45) is 9.11. The maximum atomic E-state index is 12.9. The number of H-pyrrole nitrogens is 1. The number of hydrogen-bond acceptors (Lipinski definition) is 4. The summed E-state index contributed by atoms with van der Waals surface area (Å²) in [5, 5.41) is 16.6. The molecule has 0 saturated heterocycles. The van der Waals surface area contributed by atoms with Crippen LogP contribution in [-0.2, 0) is 17.8 Å². The van der Waals surface area contributed by atoms with Gasteiger partial charge in [0.05, 0.1) is 28.1 Å². The number of halogens is 1. The van der Waals surface area contributed by atoms with E-state index < -0.39 is 0 Å². The summed E-state index contributed by atoms with van der Waals surface area (Å²) in [4.78, 5) is 14.9. The molecule has 0 spiro atoms. The number of fused-ring (bicyclic) bond motifs is 2. The Balaban J connectivity index is 1.22. The van der Waals surface area contributed by atoms with Gasteiger partial charge in [0.15, 0.2) is 5.82 Å². The Morgan fingerprint density at radius 1 is 1.18 bits per heavy atom. The van der Waals surface area contributed by atoms with Crippen LogP contribution in [0, 0.1) is 12.8 Å². The van der Waals surface area contributed by atoms with E-state index in [1.54, 1.807) is 6.20 Å². The summed E-state index contributed by atoms with van der Waals surface area (Å²) >= 11 is 6.58. The van der Waals surface area contributed by atoms with Crippen LogP contribution in [0.1, 0.15) is 42.4 Å². The normalized spacial score (nSPS) is 16.2. The van der Waals surface area contributed by atoms with Crippen molar-refractivity contribution in [3.05, 3.63) is 64.4 Å². The molecule has 0 radical (unpaired) electrons. The molecule has 0 atom stereocenters. The second kappa shape index (κ2) is 8.47. The van der Waals surface area contributed by atoms with Crippen molar-refractivity contribution in [2.24, 2.45) is 5.92 Å². The fraction of sp³-hybridized carbons (Fsp3) is 0.346. The number of benzene rings is 2. The van der Waals surface area contributed by atoms with Gasteiger partial charge in [-0.25, -0.2) is 4.68 Å². The van der Waals surface area contributed by atoms with Crippen molar-refractivity contribution in [3.8, 4) is 5.69 Å². The first-order valence-electron chi connectivity index (χ1n) is 11.9. The highest BCUT2D eigenvalue weighted by Gasteiger charge is 2.29. The summed E-state index contributed by atoms with van der Waals surface area (Å²) in [6, 6.07) is 10.3. The molecule has 2 aromatic carbocycles. The lowest BCUT2D eigenvalue weighted by Crippen LogP contribution is -2.39. The molecule has 1 saturated carbocycles. The van der Waals surface area contributed by atoms with E-state index in [0.29, 0.717) is 17.5 Å². The summed E-state index contributed by atoms with van der Waals surface area (Å²) < 4.78 is 1.90. The first kappa shape index (κ1) is 21.2. The summed E-state index contributed by atoms with van der Waals surface area (Å²) in [5.41, 5.74) is 6.26. The number of aryl methyl sites for hydroxylation is 1. The van der Waals surface area contributed by atoms with Crippen LogP contribution in [-0.4, -0.2) is 37.3 Å². The van der Waals surface area contributed by atoms with Gasteiger partial charge in [0.1, 0.15) is 0 Å². The Kier molecular flexibility index (Phi) is 5.29. The number of nitrogens with zero attached hydrogens (tertiary/aromatic N) is 4. The van der Waals surface area contributed by atoms with Crippen LogP contribution in [0.5, 0.6) is 0 Å². The number of nitrogens with one attached hydrogen (secondary N) is 2. The van der Waals surface area contributed by atoms with Crippen LogP contribution < -0.4 is 5.32 Å². The molecule has 0 bridgehead atoms. The van der Waals surface area contributed by atoms with E-state index in [-0.39, 0.29) is 5.92 Å². The Labute approximate surface area is 203 Å². The van der Waals surface area contributed by atoms with Gasteiger partial charge < -0.3 is 10.2 Å². The molecule has 6 rings (SSSR count). The van der Waals surface area contributed by atoms with Crippen molar-refractivity contribution in [2.75, 3.05) is 11.9 Å². The van der Waals surface area contributed by atoms with E-state index in [1.165, 1.54) is 24.0 Å². The van der Waals surface area contributed by atoms with Crippen molar-refractivity contribution in [2.45, 2.75) is 45.6 Å². The predicted molar refractivity (Wildman–Crippen MR) is 134 cm³/mol. The molecule has 7 nitrogen and oxygen atoms in total. The number of anilines is 2. The van der Waals surface area contributed by atoms with E-state index >= 15 is 0 Å². The third-order valence-electron chi connectivity index (χ3n) is 7.19. The van der Waals surface area contributed by atoms with Crippen molar-refractivity contribution in [3.63, 3.8) is 0 Å². The number of aromatic amines is 1. The van der Waals surface area contributed by atoms with E-state index in [1.807, 2.05) is 29.9 Å². The minimum absolute atomic E-state index is 0.238. The quantitative estimate of drug-likeness (QED) is 0.407. The minimum Gasteiger partial charge on any atom is -0.338 e. The lowest BCUT2D eigenvalue weighted by atomic mass is 9.97. The fourth-order valence-corrected chi connectivity index (χ4v) is 5.48. The fourth-order valence-electron chi connectivity index (χ4n) is 5.22. The Hall–Kier alpha value is -3.32. The monoisotopic (exact) mass is 474 g/mol. The lowest BCUT2D eigenvalue weighted by molar-refractivity contribution is -0.136. The molecule has 0 unspecified atom stereocenters. The molecule has 2 N–H and O–H groups in total. The zero-order chi connectivity index (χ0) is 23.2. The van der Waals surface area contributed by atoms with Crippen molar-refractivity contribution in [1.29, 1.82) is 0 Å². The molecule has 34 heavy (non-hydrogen) atoms. The van der Waals surface area contributed by atoms with Crippen LogP contribution in [0.15, 0.2) is 42.7 Å². The average Bonchev–Trinajstić information content (AvgIpc) is 3.62. The second-order valence-corrected chi connectivity index (χ2v) is 9.81. The molecule has 1 amide bonds. The highest BCUT2D eigenvalue weighted by atomic mass is 35.5. The number of amides is 1. The number of aromatic nitrogens is 4. The molecule has 2 aromatic heterocycles. The molecule has 4 aromatic rings. The molecule has 174 valence electrons. The van der Waals surface area contributed by atoms with Gasteiger partial charge in [0.25, 0.3) is 0 Å². The van der Waals surface area contributed by atoms with E-state index in [0.717, 1.165) is 59.5 Å². The standard InChI is InChI=1S/C26H27ClN6O/c1-16-14-33(31-25(16)29-23-9-8-22-21(24(23)27)13-28-30-22)20-7-6-19-15-32(11-10-18(19)12-20)26(34)17-4-2-3-5-17/h6-9,12-14,17H,2-5,10-11,15H2,1H3,(H,28,30)(H,29,31). The van der Waals surface area contributed by atoms with Gasteiger partial charge in [0.2, 0.25) is 5.91 Å². The first-order chi connectivity index (χ1) is 16.6. The van der Waals surface area contributed by atoms with Gasteiger partial charge in [0, 0.05) is 36.2 Å². The zero-order valence-electron chi connectivity index (χ0n) is 19.1. The smallest absolute Gasteiger partial charge is 0.225 e. The van der Waals surface area contributed by atoms with Crippen LogP contribution in [0.3, 0.4) is 0 Å². The Bertz CT molecular complexity index is 1380. The van der Waals surface area contributed by atoms with Gasteiger partial charge in [-0.15, -0.1) is 5.10 Å². The van der Waals surface area contributed by atoms with Crippen LogP contribution in [0.2, 0.25) is 5.02 Å². The van der Waals surface area contributed by atoms with E-state index in [4.69, 9.17) is 16.7 Å². The summed E-state index contributed by atoms with van der Waals surface area (Å²) in [5.74, 6) is 1.34. The summed E-state index contributed by atoms with van der Waals surface area (Å²) in [6.45, 7) is 3.54. The Morgan fingerprint density at radius 3 is 2.88 bits per heavy atom. The van der Waals surface area contributed by atoms with Crippen LogP contribution >= 0.6 is 11.6 Å². The molecule has 3 heterocycles. The van der Waals surface area contributed by atoms with Gasteiger partial charge in [-0.1, -0.05) is 30.5 Å². The minimum atomic E-state index is 0.238. The third kappa shape index (κ3) is 3.74. The second-order valence-electron chi connectivity index (χ2n) is 9.43. The highest BCUT2D eigenvalue weighted by Crippen LogP contribution is 2.33. The van der Waals surface area contributed by atoms with Crippen molar-refractivity contribution in [1.82, 2.24) is 24.9 Å². The lowest BCUT2D eigenvalue weighted by Gasteiger charge is -2.31. The van der Waals surface area contributed by atoms with Crippen LogP contribution in [0.4, 0.5) is 11.5 Å². The van der Waals surface area contributed by atoms with Gasteiger partial charge in [-0.2, -0.15) is 5.10 Å². The number of rotatable bonds is 4. The molecule has 1 aliphatic heterocycles. The van der Waals surface area contributed by atoms with Gasteiger partial charge >= 0.3 is 0 Å². The number of carbonyl (C=O) groups is 1. The van der Waals surface area contributed by atoms with Crippen molar-refractivity contribution >= 4 is 39.9 Å². The summed E-state index contributed by atoms with van der Waals surface area (Å²) in [7, 11) is 0. The maximum Gasteiger partial charge on any atom is 0.225 e.